The van der Waals surface area contributed by atoms with Crippen molar-refractivity contribution < 1.29 is 4.79 Å². The van der Waals surface area contributed by atoms with Crippen LogP contribution in [0, 0.1) is 12.8 Å². The molecule has 0 aliphatic carbocycles. The summed E-state index contributed by atoms with van der Waals surface area (Å²) in [5, 5.41) is 3.02. The number of anilines is 1. The molecule has 1 heterocycles. The third kappa shape index (κ3) is 4.46. The maximum absolute atomic E-state index is 12.3. The summed E-state index contributed by atoms with van der Waals surface area (Å²) in [4.78, 5) is 14.8. The van der Waals surface area contributed by atoms with E-state index in [4.69, 9.17) is 5.73 Å². The average Bonchev–Trinajstić information content (AvgIpc) is 2.46. The summed E-state index contributed by atoms with van der Waals surface area (Å²) in [6.45, 7) is 8.26. The number of carbonyl (C=O) groups is 1. The van der Waals surface area contributed by atoms with E-state index in [0.29, 0.717) is 23.7 Å². The van der Waals surface area contributed by atoms with Crippen LogP contribution in [-0.2, 0) is 0 Å². The average molecular weight is 289 g/mol. The lowest BCUT2D eigenvalue weighted by atomic mass is 10.0. The van der Waals surface area contributed by atoms with Crippen molar-refractivity contribution in [2.45, 2.75) is 33.1 Å². The van der Waals surface area contributed by atoms with Gasteiger partial charge in [0, 0.05) is 18.8 Å². The number of aryl methyl sites for hydroxylation is 1. The highest BCUT2D eigenvalue weighted by molar-refractivity contribution is 6.00. The Kier molecular flexibility index (Phi) is 5.62. The minimum atomic E-state index is -0.0592. The molecular weight excluding hydrogens is 262 g/mol. The monoisotopic (exact) mass is 289 g/mol. The van der Waals surface area contributed by atoms with E-state index in [1.807, 2.05) is 19.1 Å². The number of rotatable bonds is 5. The molecule has 0 saturated carbocycles. The molecule has 1 aromatic rings. The highest BCUT2D eigenvalue weighted by Gasteiger charge is 2.16. The van der Waals surface area contributed by atoms with Crippen molar-refractivity contribution >= 4 is 11.6 Å². The van der Waals surface area contributed by atoms with Gasteiger partial charge in [0.1, 0.15) is 0 Å². The SMILES string of the molecule is Cc1cccc(N)c1C(=O)NCC(C)CN1CCCCC1. The first kappa shape index (κ1) is 15.8. The molecule has 0 spiro atoms. The van der Waals surface area contributed by atoms with E-state index < -0.39 is 0 Å². The molecule has 0 aromatic heterocycles. The quantitative estimate of drug-likeness (QED) is 0.819. The van der Waals surface area contributed by atoms with Crippen LogP contribution < -0.4 is 11.1 Å². The normalized spacial score (nSPS) is 17.4. The molecule has 4 heteroatoms. The Hall–Kier alpha value is -1.55. The van der Waals surface area contributed by atoms with Crippen LogP contribution in [0.4, 0.5) is 5.69 Å². The number of piperidine rings is 1. The molecule has 21 heavy (non-hydrogen) atoms. The second-order valence-corrected chi connectivity index (χ2v) is 6.22. The van der Waals surface area contributed by atoms with Crippen LogP contribution in [0.2, 0.25) is 0 Å². The molecule has 1 fully saturated rings. The van der Waals surface area contributed by atoms with Gasteiger partial charge in [0.05, 0.1) is 5.56 Å². The molecule has 1 atom stereocenters. The highest BCUT2D eigenvalue weighted by atomic mass is 16.1. The van der Waals surface area contributed by atoms with Crippen molar-refractivity contribution in [1.82, 2.24) is 10.2 Å². The Balaban J connectivity index is 1.83. The van der Waals surface area contributed by atoms with Gasteiger partial charge in [0.2, 0.25) is 0 Å². The van der Waals surface area contributed by atoms with Gasteiger partial charge in [-0.15, -0.1) is 0 Å². The van der Waals surface area contributed by atoms with Gasteiger partial charge in [-0.1, -0.05) is 25.5 Å². The number of nitrogen functional groups attached to an aromatic ring is 1. The van der Waals surface area contributed by atoms with E-state index in [0.717, 1.165) is 12.1 Å². The number of amides is 1. The largest absolute Gasteiger partial charge is 0.398 e. The number of hydrogen-bond acceptors (Lipinski definition) is 3. The number of nitrogens with one attached hydrogen (secondary N) is 1. The van der Waals surface area contributed by atoms with Gasteiger partial charge < -0.3 is 16.0 Å². The zero-order chi connectivity index (χ0) is 15.2. The minimum absolute atomic E-state index is 0.0592. The molecule has 3 N–H and O–H groups in total. The lowest BCUT2D eigenvalue weighted by Crippen LogP contribution is -2.38. The Morgan fingerprint density at radius 1 is 1.33 bits per heavy atom. The summed E-state index contributed by atoms with van der Waals surface area (Å²) < 4.78 is 0. The van der Waals surface area contributed by atoms with Crippen molar-refractivity contribution in [3.63, 3.8) is 0 Å². The molecule has 1 aliphatic rings. The van der Waals surface area contributed by atoms with E-state index >= 15 is 0 Å². The zero-order valence-corrected chi connectivity index (χ0v) is 13.2. The Bertz CT molecular complexity index is 461. The Morgan fingerprint density at radius 3 is 2.71 bits per heavy atom. The standard InChI is InChI=1S/C17H27N3O/c1-13(12-20-9-4-3-5-10-20)11-19-17(21)16-14(2)7-6-8-15(16)18/h6-8,13H,3-5,9-12,18H2,1-2H3,(H,19,21). The third-order valence-corrected chi connectivity index (χ3v) is 4.16. The number of nitrogens with two attached hydrogens (primary N) is 1. The van der Waals surface area contributed by atoms with Crippen LogP contribution in [0.25, 0.3) is 0 Å². The first-order valence-corrected chi connectivity index (χ1v) is 7.93. The molecule has 0 radical (unpaired) electrons. The number of likely N-dealkylation sites (tertiary alicyclic amines) is 1. The maximum atomic E-state index is 12.3. The summed E-state index contributed by atoms with van der Waals surface area (Å²) in [5.74, 6) is 0.397. The van der Waals surface area contributed by atoms with Crippen molar-refractivity contribution in [2.24, 2.45) is 5.92 Å². The van der Waals surface area contributed by atoms with Crippen LogP contribution in [0.1, 0.15) is 42.1 Å². The summed E-state index contributed by atoms with van der Waals surface area (Å²) in [6.07, 6.45) is 3.96. The van der Waals surface area contributed by atoms with Crippen LogP contribution >= 0.6 is 0 Å². The lowest BCUT2D eigenvalue weighted by Gasteiger charge is -2.29. The van der Waals surface area contributed by atoms with Crippen molar-refractivity contribution in [1.29, 1.82) is 0 Å². The van der Waals surface area contributed by atoms with Crippen molar-refractivity contribution in [2.75, 3.05) is 31.9 Å². The predicted molar refractivity (Wildman–Crippen MR) is 87.4 cm³/mol. The van der Waals surface area contributed by atoms with Crippen LogP contribution in [-0.4, -0.2) is 37.0 Å². The maximum Gasteiger partial charge on any atom is 0.253 e. The molecule has 1 unspecified atom stereocenters. The number of hydrogen-bond donors (Lipinski definition) is 2. The van der Waals surface area contributed by atoms with Gasteiger partial charge in [-0.05, 0) is 50.4 Å². The fourth-order valence-corrected chi connectivity index (χ4v) is 3.00. The van der Waals surface area contributed by atoms with Gasteiger partial charge in [0.15, 0.2) is 0 Å². The van der Waals surface area contributed by atoms with Crippen molar-refractivity contribution in [3.8, 4) is 0 Å². The van der Waals surface area contributed by atoms with Gasteiger partial charge >= 0.3 is 0 Å². The topological polar surface area (TPSA) is 58.4 Å². The van der Waals surface area contributed by atoms with E-state index in [1.165, 1.54) is 32.4 Å². The predicted octanol–water partition coefficient (Wildman–Crippen LogP) is 2.43. The fourth-order valence-electron chi connectivity index (χ4n) is 3.00. The molecule has 0 bridgehead atoms. The number of carbonyl (C=O) groups excluding carboxylic acids is 1. The number of nitrogens with zero attached hydrogens (tertiary/aromatic N) is 1. The van der Waals surface area contributed by atoms with Gasteiger partial charge in [0.25, 0.3) is 5.91 Å². The van der Waals surface area contributed by atoms with Crippen LogP contribution in [0.5, 0.6) is 0 Å². The summed E-state index contributed by atoms with van der Waals surface area (Å²) in [7, 11) is 0. The second-order valence-electron chi connectivity index (χ2n) is 6.22. The van der Waals surface area contributed by atoms with E-state index in [-0.39, 0.29) is 5.91 Å². The minimum Gasteiger partial charge on any atom is -0.398 e. The fraction of sp³-hybridized carbons (Fsp3) is 0.588. The molecule has 1 aromatic carbocycles. The molecular formula is C17H27N3O. The molecule has 116 valence electrons. The van der Waals surface area contributed by atoms with Gasteiger partial charge in [-0.2, -0.15) is 0 Å². The molecule has 1 amide bonds. The van der Waals surface area contributed by atoms with E-state index in [2.05, 4.69) is 17.1 Å². The molecule has 4 nitrogen and oxygen atoms in total. The third-order valence-electron chi connectivity index (χ3n) is 4.16. The first-order valence-electron chi connectivity index (χ1n) is 7.93. The second kappa shape index (κ2) is 7.46. The van der Waals surface area contributed by atoms with Crippen molar-refractivity contribution in [3.05, 3.63) is 29.3 Å². The smallest absolute Gasteiger partial charge is 0.253 e. The molecule has 1 saturated heterocycles. The van der Waals surface area contributed by atoms with Gasteiger partial charge in [-0.25, -0.2) is 0 Å². The van der Waals surface area contributed by atoms with Crippen LogP contribution in [0.3, 0.4) is 0 Å². The van der Waals surface area contributed by atoms with Gasteiger partial charge in [-0.3, -0.25) is 4.79 Å². The zero-order valence-electron chi connectivity index (χ0n) is 13.2. The summed E-state index contributed by atoms with van der Waals surface area (Å²) >= 11 is 0. The summed E-state index contributed by atoms with van der Waals surface area (Å²) in [5.41, 5.74) is 8.00. The molecule has 2 rings (SSSR count). The molecule has 1 aliphatic heterocycles. The van der Waals surface area contributed by atoms with E-state index in [1.54, 1.807) is 6.07 Å². The van der Waals surface area contributed by atoms with Crippen LogP contribution in [0.15, 0.2) is 18.2 Å². The number of benzene rings is 1. The summed E-state index contributed by atoms with van der Waals surface area (Å²) in [6, 6.07) is 5.57. The Morgan fingerprint density at radius 2 is 2.05 bits per heavy atom. The Labute approximate surface area is 127 Å². The lowest BCUT2D eigenvalue weighted by molar-refractivity contribution is 0.0943. The highest BCUT2D eigenvalue weighted by Crippen LogP contribution is 2.16. The first-order chi connectivity index (χ1) is 10.1. The van der Waals surface area contributed by atoms with E-state index in [9.17, 15) is 4.79 Å².